The van der Waals surface area contributed by atoms with Crippen molar-refractivity contribution in [3.8, 4) is 0 Å². The van der Waals surface area contributed by atoms with Crippen molar-refractivity contribution in [3.05, 3.63) is 35.4 Å². The average molecular weight is 353 g/mol. The second kappa shape index (κ2) is 8.62. The van der Waals surface area contributed by atoms with Crippen LogP contribution in [0.15, 0.2) is 24.3 Å². The minimum atomic E-state index is -3.44. The molecule has 1 saturated carbocycles. The molecule has 0 radical (unpaired) electrons. The largest absolute Gasteiger partial charge is 0.355 e. The molecule has 0 atom stereocenters. The topological polar surface area (TPSA) is 66.5 Å². The van der Waals surface area contributed by atoms with Gasteiger partial charge in [-0.2, -0.15) is 4.31 Å². The Hall–Kier alpha value is -1.40. The Morgan fingerprint density at radius 3 is 2.38 bits per heavy atom. The molecule has 1 amide bonds. The van der Waals surface area contributed by atoms with Crippen molar-refractivity contribution in [2.24, 2.45) is 5.92 Å². The summed E-state index contributed by atoms with van der Waals surface area (Å²) in [7, 11) is -3.44. The fraction of sp³-hybridized carbons (Fsp3) is 0.611. The van der Waals surface area contributed by atoms with Gasteiger partial charge in [-0.05, 0) is 31.2 Å². The van der Waals surface area contributed by atoms with E-state index in [1.54, 1.807) is 0 Å². The molecule has 1 aliphatic rings. The van der Waals surface area contributed by atoms with Crippen molar-refractivity contribution in [1.82, 2.24) is 9.62 Å². The SMILES string of the molecule is Cc1ccc(CN(CC(=O)NCC2CCCCC2)S(C)(=O)=O)cc1. The number of hydrogen-bond donors (Lipinski definition) is 1. The van der Waals surface area contributed by atoms with Crippen molar-refractivity contribution in [2.45, 2.75) is 45.6 Å². The van der Waals surface area contributed by atoms with Crippen LogP contribution in [0.4, 0.5) is 0 Å². The van der Waals surface area contributed by atoms with Crippen LogP contribution in [0.3, 0.4) is 0 Å². The summed E-state index contributed by atoms with van der Waals surface area (Å²) in [6.45, 7) is 2.73. The van der Waals surface area contributed by atoms with Gasteiger partial charge in [0.05, 0.1) is 12.8 Å². The molecular formula is C18H28N2O3S. The van der Waals surface area contributed by atoms with Gasteiger partial charge in [-0.15, -0.1) is 0 Å². The molecular weight excluding hydrogens is 324 g/mol. The van der Waals surface area contributed by atoms with E-state index in [1.807, 2.05) is 31.2 Å². The third-order valence-corrected chi connectivity index (χ3v) is 5.78. The molecule has 1 aromatic carbocycles. The van der Waals surface area contributed by atoms with Crippen LogP contribution < -0.4 is 5.32 Å². The van der Waals surface area contributed by atoms with Crippen LogP contribution in [0.2, 0.25) is 0 Å². The second-order valence-corrected chi connectivity index (χ2v) is 8.81. The molecule has 6 heteroatoms. The molecule has 1 aromatic rings. The molecule has 1 fully saturated rings. The summed E-state index contributed by atoms with van der Waals surface area (Å²) >= 11 is 0. The first kappa shape index (κ1) is 18.9. The molecule has 0 unspecified atom stereocenters. The van der Waals surface area contributed by atoms with Crippen LogP contribution in [-0.2, 0) is 21.4 Å². The normalized spacial score (nSPS) is 16.3. The van der Waals surface area contributed by atoms with Gasteiger partial charge in [-0.3, -0.25) is 4.79 Å². The van der Waals surface area contributed by atoms with Crippen LogP contribution in [0.1, 0.15) is 43.2 Å². The first-order valence-electron chi connectivity index (χ1n) is 8.62. The van der Waals surface area contributed by atoms with Gasteiger partial charge in [0.25, 0.3) is 0 Å². The van der Waals surface area contributed by atoms with Crippen LogP contribution in [0.25, 0.3) is 0 Å². The van der Waals surface area contributed by atoms with E-state index in [-0.39, 0.29) is 19.0 Å². The third kappa shape index (κ3) is 6.24. The number of carbonyl (C=O) groups excluding carboxylic acids is 1. The first-order valence-corrected chi connectivity index (χ1v) is 10.5. The van der Waals surface area contributed by atoms with E-state index in [4.69, 9.17) is 0 Å². The second-order valence-electron chi connectivity index (χ2n) is 6.82. The van der Waals surface area contributed by atoms with Crippen molar-refractivity contribution in [1.29, 1.82) is 0 Å². The first-order chi connectivity index (χ1) is 11.3. The minimum absolute atomic E-state index is 0.126. The number of aryl methyl sites for hydroxylation is 1. The lowest BCUT2D eigenvalue weighted by atomic mass is 9.89. The monoisotopic (exact) mass is 352 g/mol. The molecule has 0 heterocycles. The van der Waals surface area contributed by atoms with Gasteiger partial charge in [-0.1, -0.05) is 49.1 Å². The van der Waals surface area contributed by atoms with Crippen LogP contribution >= 0.6 is 0 Å². The summed E-state index contributed by atoms with van der Waals surface area (Å²) in [4.78, 5) is 12.2. The fourth-order valence-electron chi connectivity index (χ4n) is 3.05. The molecule has 5 nitrogen and oxygen atoms in total. The molecule has 134 valence electrons. The highest BCUT2D eigenvalue weighted by molar-refractivity contribution is 7.88. The quantitative estimate of drug-likeness (QED) is 0.820. The van der Waals surface area contributed by atoms with Crippen molar-refractivity contribution >= 4 is 15.9 Å². The summed E-state index contributed by atoms with van der Waals surface area (Å²) in [6, 6.07) is 7.68. The zero-order valence-corrected chi connectivity index (χ0v) is 15.4. The lowest BCUT2D eigenvalue weighted by Gasteiger charge is -2.23. The van der Waals surface area contributed by atoms with Gasteiger partial charge in [-0.25, -0.2) is 8.42 Å². The van der Waals surface area contributed by atoms with Crippen LogP contribution in [0, 0.1) is 12.8 Å². The van der Waals surface area contributed by atoms with E-state index in [2.05, 4.69) is 5.32 Å². The Morgan fingerprint density at radius 1 is 1.17 bits per heavy atom. The number of nitrogens with zero attached hydrogens (tertiary/aromatic N) is 1. The summed E-state index contributed by atoms with van der Waals surface area (Å²) in [5, 5.41) is 2.90. The minimum Gasteiger partial charge on any atom is -0.355 e. The molecule has 0 saturated heterocycles. The maximum atomic E-state index is 12.2. The molecule has 0 spiro atoms. The number of hydrogen-bond acceptors (Lipinski definition) is 3. The Labute approximate surface area is 145 Å². The van der Waals surface area contributed by atoms with E-state index in [1.165, 1.54) is 23.6 Å². The highest BCUT2D eigenvalue weighted by atomic mass is 32.2. The Bertz CT molecular complexity index is 635. The van der Waals surface area contributed by atoms with E-state index in [0.717, 1.165) is 30.2 Å². The summed E-state index contributed by atoms with van der Waals surface area (Å²) in [5.74, 6) is 0.310. The molecule has 0 aromatic heterocycles. The maximum Gasteiger partial charge on any atom is 0.235 e. The molecule has 1 N–H and O–H groups in total. The van der Waals surface area contributed by atoms with Crippen LogP contribution in [-0.4, -0.2) is 38.0 Å². The number of carbonyl (C=O) groups is 1. The van der Waals surface area contributed by atoms with Crippen LogP contribution in [0.5, 0.6) is 0 Å². The lowest BCUT2D eigenvalue weighted by Crippen LogP contribution is -2.41. The average Bonchev–Trinajstić information content (AvgIpc) is 2.54. The molecule has 24 heavy (non-hydrogen) atoms. The fourth-order valence-corrected chi connectivity index (χ4v) is 3.79. The highest BCUT2D eigenvalue weighted by Gasteiger charge is 2.21. The summed E-state index contributed by atoms with van der Waals surface area (Å²) < 4.78 is 25.2. The zero-order chi connectivity index (χ0) is 17.6. The number of amides is 1. The van der Waals surface area contributed by atoms with Gasteiger partial charge >= 0.3 is 0 Å². The predicted octanol–water partition coefficient (Wildman–Crippen LogP) is 2.45. The molecule has 0 aliphatic heterocycles. The Morgan fingerprint density at radius 2 is 1.79 bits per heavy atom. The predicted molar refractivity (Wildman–Crippen MR) is 96.0 cm³/mol. The number of sulfonamides is 1. The molecule has 1 aliphatic carbocycles. The summed E-state index contributed by atoms with van der Waals surface area (Å²) in [5.41, 5.74) is 2.00. The standard InChI is InChI=1S/C18H28N2O3S/c1-15-8-10-17(11-9-15)13-20(24(2,22)23)14-18(21)19-12-16-6-4-3-5-7-16/h8-11,16H,3-7,12-14H2,1-2H3,(H,19,21). The van der Waals surface area contributed by atoms with E-state index >= 15 is 0 Å². The Balaban J connectivity index is 1.90. The van der Waals surface area contributed by atoms with Gasteiger partial charge in [0.2, 0.25) is 15.9 Å². The Kier molecular flexibility index (Phi) is 6.80. The van der Waals surface area contributed by atoms with Crippen molar-refractivity contribution < 1.29 is 13.2 Å². The maximum absolute atomic E-state index is 12.2. The zero-order valence-electron chi connectivity index (χ0n) is 14.6. The van der Waals surface area contributed by atoms with E-state index < -0.39 is 10.0 Å². The lowest BCUT2D eigenvalue weighted by molar-refractivity contribution is -0.121. The van der Waals surface area contributed by atoms with E-state index in [9.17, 15) is 13.2 Å². The van der Waals surface area contributed by atoms with Gasteiger partial charge < -0.3 is 5.32 Å². The van der Waals surface area contributed by atoms with Crippen molar-refractivity contribution in [2.75, 3.05) is 19.3 Å². The van der Waals surface area contributed by atoms with E-state index in [0.29, 0.717) is 12.5 Å². The van der Waals surface area contributed by atoms with Crippen molar-refractivity contribution in [3.63, 3.8) is 0 Å². The molecule has 0 bridgehead atoms. The number of rotatable bonds is 7. The van der Waals surface area contributed by atoms with Gasteiger partial charge in [0.1, 0.15) is 0 Å². The van der Waals surface area contributed by atoms with Gasteiger partial charge in [0.15, 0.2) is 0 Å². The smallest absolute Gasteiger partial charge is 0.235 e. The molecule has 2 rings (SSSR count). The third-order valence-electron chi connectivity index (χ3n) is 4.58. The number of benzene rings is 1. The number of nitrogens with one attached hydrogen (secondary N) is 1. The highest BCUT2D eigenvalue weighted by Crippen LogP contribution is 2.22. The van der Waals surface area contributed by atoms with Gasteiger partial charge in [0, 0.05) is 13.1 Å². The summed E-state index contributed by atoms with van der Waals surface area (Å²) in [6.07, 6.45) is 7.18.